The van der Waals surface area contributed by atoms with E-state index in [0.717, 1.165) is 45.6 Å². The maximum absolute atomic E-state index is 14.7. The van der Waals surface area contributed by atoms with Crippen molar-refractivity contribution >= 4 is 55.1 Å². The van der Waals surface area contributed by atoms with Crippen LogP contribution in [-0.4, -0.2) is 50.9 Å². The van der Waals surface area contributed by atoms with Gasteiger partial charge in [-0.15, -0.1) is 0 Å². The van der Waals surface area contributed by atoms with E-state index in [1.807, 2.05) is 54.6 Å². The quantitative estimate of drug-likeness (QED) is 0.159. The molecule has 0 radical (unpaired) electrons. The van der Waals surface area contributed by atoms with E-state index >= 15 is 0 Å². The highest BCUT2D eigenvalue weighted by molar-refractivity contribution is 9.10. The van der Waals surface area contributed by atoms with E-state index in [2.05, 4.69) is 21.2 Å². The number of anilines is 1. The van der Waals surface area contributed by atoms with Crippen molar-refractivity contribution in [2.75, 3.05) is 18.0 Å². The van der Waals surface area contributed by atoms with Crippen molar-refractivity contribution in [1.82, 2.24) is 10.2 Å². The number of nitrogens with one attached hydrogen (secondary N) is 1. The second-order valence-electron chi connectivity index (χ2n) is 11.5. The van der Waals surface area contributed by atoms with Gasteiger partial charge in [0.25, 0.3) is 10.0 Å². The number of benzene rings is 4. The summed E-state index contributed by atoms with van der Waals surface area (Å²) in [5.41, 5.74) is 1.76. The molecule has 0 saturated heterocycles. The van der Waals surface area contributed by atoms with Gasteiger partial charge in [0.05, 0.1) is 17.7 Å². The lowest BCUT2D eigenvalue weighted by Crippen LogP contribution is -2.54. The number of nitrogens with zero attached hydrogens (tertiary/aromatic N) is 2. The first-order valence-electron chi connectivity index (χ1n) is 15.5. The Bertz CT molecular complexity index is 1770. The van der Waals surface area contributed by atoms with E-state index < -0.39 is 28.5 Å². The third-order valence-electron chi connectivity index (χ3n) is 8.26. The van der Waals surface area contributed by atoms with Crippen LogP contribution in [0.3, 0.4) is 0 Å². The topological polar surface area (TPSA) is 96.0 Å². The molecule has 1 aliphatic carbocycles. The number of halogens is 2. The standard InChI is InChI=1S/C36H37BrClN3O5S/c1-46-34-21-20-29(38)23-32(34)41(47(44,45)31-14-6-3-7-15-31)25-35(42)40(24-27-16-18-28(37)19-17-27)33(22-26-10-4-2-5-11-26)36(43)39-30-12-8-9-13-30/h2-7,10-11,14-21,23,30,33H,8-9,12-13,22,24-25H2,1H3,(H,39,43)/t33-/m0/s1. The Kier molecular flexibility index (Phi) is 11.6. The van der Waals surface area contributed by atoms with Gasteiger partial charge in [-0.3, -0.25) is 13.9 Å². The van der Waals surface area contributed by atoms with Crippen LogP contribution in [0.15, 0.2) is 112 Å². The van der Waals surface area contributed by atoms with Gasteiger partial charge in [-0.2, -0.15) is 0 Å². The van der Waals surface area contributed by atoms with Gasteiger partial charge in [0.1, 0.15) is 18.3 Å². The predicted octanol–water partition coefficient (Wildman–Crippen LogP) is 7.01. The van der Waals surface area contributed by atoms with Gasteiger partial charge in [-0.1, -0.05) is 101 Å². The molecule has 1 N–H and O–H groups in total. The van der Waals surface area contributed by atoms with Crippen LogP contribution in [0.5, 0.6) is 5.75 Å². The molecule has 4 aromatic carbocycles. The van der Waals surface area contributed by atoms with Crippen LogP contribution in [0.1, 0.15) is 36.8 Å². The molecular weight excluding hydrogens is 702 g/mol. The SMILES string of the molecule is COc1ccc(Cl)cc1N(CC(=O)N(Cc1ccc(Br)cc1)[C@@H](Cc1ccccc1)C(=O)NC1CCCC1)S(=O)(=O)c1ccccc1. The van der Waals surface area contributed by atoms with E-state index in [4.69, 9.17) is 16.3 Å². The maximum Gasteiger partial charge on any atom is 0.264 e. The summed E-state index contributed by atoms with van der Waals surface area (Å²) in [5, 5.41) is 3.46. The molecule has 0 unspecified atom stereocenters. The molecule has 8 nitrogen and oxygen atoms in total. The Morgan fingerprint density at radius 1 is 0.915 bits per heavy atom. The number of sulfonamides is 1. The molecule has 0 bridgehead atoms. The molecule has 1 aliphatic rings. The fourth-order valence-electron chi connectivity index (χ4n) is 5.80. The van der Waals surface area contributed by atoms with Crippen LogP contribution in [-0.2, 0) is 32.6 Å². The first-order chi connectivity index (χ1) is 22.7. The molecule has 4 aromatic rings. The summed E-state index contributed by atoms with van der Waals surface area (Å²) in [5.74, 6) is -0.609. The van der Waals surface area contributed by atoms with Crippen molar-refractivity contribution in [3.05, 3.63) is 124 Å². The Morgan fingerprint density at radius 3 is 2.19 bits per heavy atom. The number of methoxy groups -OCH3 is 1. The third kappa shape index (κ3) is 8.74. The van der Waals surface area contributed by atoms with Crippen molar-refractivity contribution in [2.24, 2.45) is 0 Å². The Hall–Kier alpha value is -3.86. The van der Waals surface area contributed by atoms with Crippen LogP contribution in [0, 0.1) is 0 Å². The van der Waals surface area contributed by atoms with Crippen LogP contribution < -0.4 is 14.4 Å². The lowest BCUT2D eigenvalue weighted by atomic mass is 10.0. The zero-order valence-electron chi connectivity index (χ0n) is 26.0. The summed E-state index contributed by atoms with van der Waals surface area (Å²) in [6, 6.07) is 28.6. The van der Waals surface area contributed by atoms with Crippen LogP contribution in [0.25, 0.3) is 0 Å². The van der Waals surface area contributed by atoms with Gasteiger partial charge < -0.3 is 15.0 Å². The van der Waals surface area contributed by atoms with E-state index in [9.17, 15) is 18.0 Å². The first-order valence-corrected chi connectivity index (χ1v) is 18.1. The molecule has 0 heterocycles. The van der Waals surface area contributed by atoms with Crippen LogP contribution in [0.2, 0.25) is 5.02 Å². The largest absolute Gasteiger partial charge is 0.495 e. The maximum atomic E-state index is 14.7. The molecule has 11 heteroatoms. The van der Waals surface area contributed by atoms with Gasteiger partial charge in [-0.25, -0.2) is 8.42 Å². The lowest BCUT2D eigenvalue weighted by Gasteiger charge is -2.34. The van der Waals surface area contributed by atoms with Crippen molar-refractivity contribution in [2.45, 2.75) is 55.6 Å². The number of ether oxygens (including phenoxy) is 1. The minimum Gasteiger partial charge on any atom is -0.495 e. The molecule has 1 fully saturated rings. The highest BCUT2D eigenvalue weighted by Gasteiger charge is 2.36. The number of carbonyl (C=O) groups excluding carboxylic acids is 2. The monoisotopic (exact) mass is 737 g/mol. The third-order valence-corrected chi connectivity index (χ3v) is 10.8. The summed E-state index contributed by atoms with van der Waals surface area (Å²) in [7, 11) is -2.87. The van der Waals surface area contributed by atoms with Gasteiger partial charge in [0.15, 0.2) is 0 Å². The van der Waals surface area contributed by atoms with Gasteiger partial charge in [0.2, 0.25) is 11.8 Å². The van der Waals surface area contributed by atoms with Crippen LogP contribution >= 0.6 is 27.5 Å². The highest BCUT2D eigenvalue weighted by atomic mass is 79.9. The van der Waals surface area contributed by atoms with Crippen molar-refractivity contribution in [3.8, 4) is 5.75 Å². The highest BCUT2D eigenvalue weighted by Crippen LogP contribution is 2.35. The smallest absolute Gasteiger partial charge is 0.264 e. The fraction of sp³-hybridized carbons (Fsp3) is 0.278. The molecule has 0 spiro atoms. The second kappa shape index (κ2) is 15.8. The zero-order valence-corrected chi connectivity index (χ0v) is 29.2. The Morgan fingerprint density at radius 2 is 1.55 bits per heavy atom. The molecule has 5 rings (SSSR count). The number of hydrogen-bond donors (Lipinski definition) is 1. The van der Waals surface area contributed by atoms with Gasteiger partial charge >= 0.3 is 0 Å². The fourth-order valence-corrected chi connectivity index (χ4v) is 7.67. The van der Waals surface area contributed by atoms with Crippen molar-refractivity contribution in [1.29, 1.82) is 0 Å². The summed E-state index contributed by atoms with van der Waals surface area (Å²) in [6.45, 7) is -0.528. The molecule has 47 heavy (non-hydrogen) atoms. The molecular formula is C36H37BrClN3O5S. The van der Waals surface area contributed by atoms with E-state index in [-0.39, 0.29) is 46.3 Å². The molecule has 246 valence electrons. The summed E-state index contributed by atoms with van der Waals surface area (Å²) in [6.07, 6.45) is 4.06. The Labute approximate surface area is 289 Å². The minimum atomic E-state index is -4.29. The molecule has 2 amide bonds. The van der Waals surface area contributed by atoms with Gasteiger partial charge in [0, 0.05) is 28.5 Å². The summed E-state index contributed by atoms with van der Waals surface area (Å²) < 4.78 is 35.9. The molecule has 0 aromatic heterocycles. The van der Waals surface area contributed by atoms with Crippen molar-refractivity contribution in [3.63, 3.8) is 0 Å². The second-order valence-corrected chi connectivity index (χ2v) is 14.7. The first kappa shape index (κ1) is 34.5. The average Bonchev–Trinajstić information content (AvgIpc) is 3.59. The normalized spacial score (nSPS) is 13.9. The zero-order chi connectivity index (χ0) is 33.4. The van der Waals surface area contributed by atoms with E-state index in [1.54, 1.807) is 30.3 Å². The van der Waals surface area contributed by atoms with Crippen LogP contribution in [0.4, 0.5) is 5.69 Å². The number of amides is 2. The number of rotatable bonds is 13. The van der Waals surface area contributed by atoms with E-state index in [1.165, 1.54) is 30.2 Å². The van der Waals surface area contributed by atoms with E-state index in [0.29, 0.717) is 0 Å². The number of hydrogen-bond acceptors (Lipinski definition) is 5. The minimum absolute atomic E-state index is 0.00546. The number of carbonyl (C=O) groups is 2. The lowest BCUT2D eigenvalue weighted by molar-refractivity contribution is -0.140. The predicted molar refractivity (Wildman–Crippen MR) is 188 cm³/mol. The molecule has 1 saturated carbocycles. The van der Waals surface area contributed by atoms with Gasteiger partial charge in [-0.05, 0) is 66.4 Å². The average molecular weight is 739 g/mol. The summed E-state index contributed by atoms with van der Waals surface area (Å²) in [4.78, 5) is 30.3. The molecule has 0 aliphatic heterocycles. The molecule has 1 atom stereocenters. The Balaban J connectivity index is 1.59. The summed E-state index contributed by atoms with van der Waals surface area (Å²) >= 11 is 9.83. The van der Waals surface area contributed by atoms with Crippen molar-refractivity contribution < 1.29 is 22.7 Å².